The second-order valence-corrected chi connectivity index (χ2v) is 8.14. The molecule has 2 amide bonds. The lowest BCUT2D eigenvalue weighted by Gasteiger charge is -2.13. The molecule has 2 N–H and O–H groups in total. The van der Waals surface area contributed by atoms with Gasteiger partial charge in [0.05, 0.1) is 5.75 Å². The fourth-order valence-electron chi connectivity index (χ4n) is 1.88. The van der Waals surface area contributed by atoms with Crippen LogP contribution in [-0.2, 0) is 9.84 Å². The summed E-state index contributed by atoms with van der Waals surface area (Å²) in [6.45, 7) is 3.22. The van der Waals surface area contributed by atoms with E-state index in [0.29, 0.717) is 11.0 Å². The van der Waals surface area contributed by atoms with Crippen LogP contribution >= 0.6 is 11.5 Å². The van der Waals surface area contributed by atoms with Crippen LogP contribution in [0.5, 0.6) is 0 Å². The van der Waals surface area contributed by atoms with Gasteiger partial charge in [0.1, 0.15) is 0 Å². The number of nitrogens with one attached hydrogen (secondary N) is 2. The van der Waals surface area contributed by atoms with E-state index in [1.807, 2.05) is 30.3 Å². The van der Waals surface area contributed by atoms with Crippen LogP contribution in [0.2, 0.25) is 0 Å². The molecule has 1 heterocycles. The number of anilines is 1. The molecule has 0 aliphatic rings. The zero-order valence-electron chi connectivity index (χ0n) is 12.8. The van der Waals surface area contributed by atoms with Crippen molar-refractivity contribution in [3.63, 3.8) is 0 Å². The molecule has 0 fully saturated rings. The van der Waals surface area contributed by atoms with E-state index in [4.69, 9.17) is 0 Å². The van der Waals surface area contributed by atoms with Crippen LogP contribution in [0.4, 0.5) is 9.93 Å². The zero-order chi connectivity index (χ0) is 16.9. The van der Waals surface area contributed by atoms with E-state index >= 15 is 0 Å². The molecule has 0 spiro atoms. The van der Waals surface area contributed by atoms with Crippen LogP contribution in [0.3, 0.4) is 0 Å². The zero-order valence-corrected chi connectivity index (χ0v) is 14.4. The third-order valence-corrected chi connectivity index (χ3v) is 5.52. The number of hydrogen-bond acceptors (Lipinski definition) is 6. The first-order valence-corrected chi connectivity index (χ1v) is 9.66. The van der Waals surface area contributed by atoms with E-state index < -0.39 is 21.9 Å². The van der Waals surface area contributed by atoms with Gasteiger partial charge in [-0.1, -0.05) is 37.3 Å². The van der Waals surface area contributed by atoms with Gasteiger partial charge in [0.25, 0.3) is 0 Å². The molecular weight excluding hydrogens is 336 g/mol. The van der Waals surface area contributed by atoms with Crippen LogP contribution in [0, 0.1) is 0 Å². The fraction of sp³-hybridized carbons (Fsp3) is 0.357. The molecule has 1 atom stereocenters. The standard InChI is InChI=1S/C14H18N4O3S2/c1-3-23(20,21)9-10(2)15-13(19)17-14-16-12(18-22-14)11-7-5-4-6-8-11/h4-8,10H,3,9H2,1-2H3,(H2,15,16,17,18,19)/t10-/m0/s1. The molecule has 23 heavy (non-hydrogen) atoms. The van der Waals surface area contributed by atoms with Crippen molar-refractivity contribution in [2.24, 2.45) is 0 Å². The Bertz CT molecular complexity index is 759. The van der Waals surface area contributed by atoms with E-state index in [9.17, 15) is 13.2 Å². The third kappa shape index (κ3) is 5.29. The smallest absolute Gasteiger partial charge is 0.321 e. The summed E-state index contributed by atoms with van der Waals surface area (Å²) in [4.78, 5) is 16.1. The molecule has 2 rings (SSSR count). The summed E-state index contributed by atoms with van der Waals surface area (Å²) in [5.74, 6) is 0.493. The fourth-order valence-corrected chi connectivity index (χ4v) is 3.54. The predicted molar refractivity (Wildman–Crippen MR) is 91.3 cm³/mol. The first-order chi connectivity index (χ1) is 10.9. The number of nitrogens with zero attached hydrogens (tertiary/aromatic N) is 2. The van der Waals surface area contributed by atoms with Crippen LogP contribution < -0.4 is 10.6 Å². The molecule has 124 valence electrons. The molecule has 7 nitrogen and oxygen atoms in total. The third-order valence-electron chi connectivity index (χ3n) is 3.00. The van der Waals surface area contributed by atoms with E-state index in [1.165, 1.54) is 0 Å². The quantitative estimate of drug-likeness (QED) is 0.828. The van der Waals surface area contributed by atoms with Crippen molar-refractivity contribution in [3.8, 4) is 11.4 Å². The number of hydrogen-bond donors (Lipinski definition) is 2. The molecule has 0 aliphatic carbocycles. The molecular formula is C14H18N4O3S2. The van der Waals surface area contributed by atoms with Crippen LogP contribution in [0.25, 0.3) is 11.4 Å². The number of carbonyl (C=O) groups excluding carboxylic acids is 1. The van der Waals surface area contributed by atoms with Gasteiger partial charge in [0.2, 0.25) is 5.13 Å². The van der Waals surface area contributed by atoms with Gasteiger partial charge in [0.15, 0.2) is 15.7 Å². The number of amides is 2. The molecule has 0 saturated heterocycles. The molecule has 1 aromatic heterocycles. The highest BCUT2D eigenvalue weighted by molar-refractivity contribution is 7.91. The van der Waals surface area contributed by atoms with Gasteiger partial charge in [0, 0.05) is 28.9 Å². The van der Waals surface area contributed by atoms with Crippen molar-refractivity contribution in [2.75, 3.05) is 16.8 Å². The molecule has 0 aliphatic heterocycles. The van der Waals surface area contributed by atoms with E-state index in [1.54, 1.807) is 13.8 Å². The topological polar surface area (TPSA) is 101 Å². The van der Waals surface area contributed by atoms with Gasteiger partial charge in [-0.3, -0.25) is 5.32 Å². The Hall–Kier alpha value is -2.00. The lowest BCUT2D eigenvalue weighted by Crippen LogP contribution is -2.40. The maximum absolute atomic E-state index is 11.9. The van der Waals surface area contributed by atoms with Gasteiger partial charge < -0.3 is 5.32 Å². The van der Waals surface area contributed by atoms with Gasteiger partial charge in [-0.25, -0.2) is 13.2 Å². The van der Waals surface area contributed by atoms with Crippen molar-refractivity contribution in [1.82, 2.24) is 14.7 Å². The van der Waals surface area contributed by atoms with Crippen molar-refractivity contribution in [3.05, 3.63) is 30.3 Å². The predicted octanol–water partition coefficient (Wildman–Crippen LogP) is 2.15. The van der Waals surface area contributed by atoms with Crippen LogP contribution in [0.1, 0.15) is 13.8 Å². The average Bonchev–Trinajstić information content (AvgIpc) is 2.95. The van der Waals surface area contributed by atoms with Crippen molar-refractivity contribution in [2.45, 2.75) is 19.9 Å². The summed E-state index contributed by atoms with van der Waals surface area (Å²) in [6, 6.07) is 8.43. The normalized spacial score (nSPS) is 12.6. The second-order valence-electron chi connectivity index (χ2n) is 4.99. The molecule has 0 unspecified atom stereocenters. The van der Waals surface area contributed by atoms with Crippen LogP contribution in [0.15, 0.2) is 30.3 Å². The summed E-state index contributed by atoms with van der Waals surface area (Å²) in [5.41, 5.74) is 0.861. The second kappa shape index (κ2) is 7.51. The minimum absolute atomic E-state index is 0.0531. The monoisotopic (exact) mass is 354 g/mol. The number of carbonyl (C=O) groups is 1. The molecule has 0 radical (unpaired) electrons. The van der Waals surface area contributed by atoms with Gasteiger partial charge in [-0.2, -0.15) is 9.36 Å². The summed E-state index contributed by atoms with van der Waals surface area (Å²) in [7, 11) is -3.14. The highest BCUT2D eigenvalue weighted by atomic mass is 32.2. The van der Waals surface area contributed by atoms with E-state index in [2.05, 4.69) is 20.0 Å². The Kier molecular flexibility index (Phi) is 5.67. The van der Waals surface area contributed by atoms with Crippen molar-refractivity contribution < 1.29 is 13.2 Å². The van der Waals surface area contributed by atoms with Gasteiger partial charge in [-0.05, 0) is 6.92 Å². The Balaban J connectivity index is 1.92. The molecule has 0 bridgehead atoms. The molecule has 9 heteroatoms. The highest BCUT2D eigenvalue weighted by Gasteiger charge is 2.16. The molecule has 0 saturated carbocycles. The summed E-state index contributed by atoms with van der Waals surface area (Å²) in [6.07, 6.45) is 0. The Labute approximate surface area is 139 Å². The van der Waals surface area contributed by atoms with Gasteiger partial charge >= 0.3 is 6.03 Å². The highest BCUT2D eigenvalue weighted by Crippen LogP contribution is 2.20. The number of aromatic nitrogens is 2. The molecule has 2 aromatic rings. The number of benzene rings is 1. The number of urea groups is 1. The first kappa shape index (κ1) is 17.4. The summed E-state index contributed by atoms with van der Waals surface area (Å²) < 4.78 is 27.2. The van der Waals surface area contributed by atoms with Crippen molar-refractivity contribution in [1.29, 1.82) is 0 Å². The Morgan fingerprint density at radius 2 is 2.00 bits per heavy atom. The maximum atomic E-state index is 11.9. The minimum Gasteiger partial charge on any atom is -0.334 e. The first-order valence-electron chi connectivity index (χ1n) is 7.06. The minimum atomic E-state index is -3.14. The summed E-state index contributed by atoms with van der Waals surface area (Å²) in [5, 5.41) is 5.50. The Morgan fingerprint density at radius 1 is 1.30 bits per heavy atom. The Morgan fingerprint density at radius 3 is 2.65 bits per heavy atom. The summed E-state index contributed by atoms with van der Waals surface area (Å²) >= 11 is 1.07. The van der Waals surface area contributed by atoms with E-state index in [0.717, 1.165) is 17.1 Å². The van der Waals surface area contributed by atoms with E-state index in [-0.39, 0.29) is 11.5 Å². The number of sulfone groups is 1. The maximum Gasteiger partial charge on any atom is 0.321 e. The lowest BCUT2D eigenvalue weighted by atomic mass is 10.2. The van der Waals surface area contributed by atoms with Gasteiger partial charge in [-0.15, -0.1) is 0 Å². The lowest BCUT2D eigenvalue weighted by molar-refractivity contribution is 0.250. The SMILES string of the molecule is CCS(=O)(=O)C[C@H](C)NC(=O)Nc1nc(-c2ccccc2)ns1. The largest absolute Gasteiger partial charge is 0.334 e. The number of rotatable bonds is 6. The molecule has 1 aromatic carbocycles. The van der Waals surface area contributed by atoms with Crippen molar-refractivity contribution >= 4 is 32.5 Å². The average molecular weight is 354 g/mol. The van der Waals surface area contributed by atoms with Crippen LogP contribution in [-0.4, -0.2) is 41.4 Å².